The van der Waals surface area contributed by atoms with Crippen LogP contribution in [0.15, 0.2) is 29.1 Å². The molecule has 4 heteroatoms. The Hall–Kier alpha value is -0.870. The van der Waals surface area contributed by atoms with Gasteiger partial charge in [0.25, 0.3) is 0 Å². The van der Waals surface area contributed by atoms with Crippen LogP contribution in [0.3, 0.4) is 0 Å². The number of hydrogen-bond donors (Lipinski definition) is 1. The SMILES string of the molecule is c1csc(Nc2nccs2)c1. The van der Waals surface area contributed by atoms with Crippen LogP contribution in [0.25, 0.3) is 0 Å². The van der Waals surface area contributed by atoms with E-state index in [4.69, 9.17) is 0 Å². The average molecular weight is 182 g/mol. The van der Waals surface area contributed by atoms with Crippen molar-refractivity contribution in [2.75, 3.05) is 5.32 Å². The van der Waals surface area contributed by atoms with Crippen molar-refractivity contribution in [3.63, 3.8) is 0 Å². The smallest absolute Gasteiger partial charge is 0.187 e. The molecule has 0 aliphatic carbocycles. The molecule has 0 bridgehead atoms. The van der Waals surface area contributed by atoms with Gasteiger partial charge in [-0.25, -0.2) is 4.98 Å². The number of thiophene rings is 1. The maximum atomic E-state index is 4.11. The quantitative estimate of drug-likeness (QED) is 0.772. The van der Waals surface area contributed by atoms with Crippen LogP contribution in [0.2, 0.25) is 0 Å². The second kappa shape index (κ2) is 3.02. The molecule has 0 spiro atoms. The lowest BCUT2D eigenvalue weighted by molar-refractivity contribution is 1.40. The normalized spacial score (nSPS) is 9.82. The zero-order valence-corrected chi connectivity index (χ0v) is 7.28. The fourth-order valence-electron chi connectivity index (χ4n) is 0.740. The van der Waals surface area contributed by atoms with Gasteiger partial charge in [-0.1, -0.05) is 0 Å². The first kappa shape index (κ1) is 6.82. The zero-order valence-electron chi connectivity index (χ0n) is 5.65. The fourth-order valence-corrected chi connectivity index (χ4v) is 1.96. The molecule has 2 nitrogen and oxygen atoms in total. The highest BCUT2D eigenvalue weighted by Crippen LogP contribution is 2.22. The summed E-state index contributed by atoms with van der Waals surface area (Å²) in [5, 5.41) is 9.27. The van der Waals surface area contributed by atoms with Gasteiger partial charge in [0.2, 0.25) is 0 Å². The molecule has 0 unspecified atom stereocenters. The van der Waals surface area contributed by atoms with Gasteiger partial charge in [-0.2, -0.15) is 0 Å². The maximum absolute atomic E-state index is 4.11. The Balaban J connectivity index is 2.14. The highest BCUT2D eigenvalue weighted by molar-refractivity contribution is 7.16. The topological polar surface area (TPSA) is 24.9 Å². The van der Waals surface area contributed by atoms with Crippen LogP contribution in [0, 0.1) is 0 Å². The van der Waals surface area contributed by atoms with E-state index in [-0.39, 0.29) is 0 Å². The molecule has 56 valence electrons. The molecule has 0 radical (unpaired) electrons. The minimum atomic E-state index is 0.951. The predicted molar refractivity (Wildman–Crippen MR) is 49.7 cm³/mol. The second-order valence-electron chi connectivity index (χ2n) is 1.94. The molecule has 2 aromatic rings. The maximum Gasteiger partial charge on any atom is 0.187 e. The summed E-state index contributed by atoms with van der Waals surface area (Å²) in [6, 6.07) is 4.05. The third-order valence-electron chi connectivity index (χ3n) is 1.18. The molecule has 11 heavy (non-hydrogen) atoms. The fraction of sp³-hybridized carbons (Fsp3) is 0. The van der Waals surface area contributed by atoms with Crippen LogP contribution in [-0.4, -0.2) is 4.98 Å². The molecule has 0 atom stereocenters. The van der Waals surface area contributed by atoms with E-state index in [1.807, 2.05) is 22.9 Å². The Kier molecular flexibility index (Phi) is 1.87. The largest absolute Gasteiger partial charge is 0.323 e. The minimum Gasteiger partial charge on any atom is -0.323 e. The van der Waals surface area contributed by atoms with Gasteiger partial charge in [0.1, 0.15) is 0 Å². The van der Waals surface area contributed by atoms with Crippen LogP contribution in [0.1, 0.15) is 0 Å². The van der Waals surface area contributed by atoms with E-state index in [1.54, 1.807) is 28.9 Å². The lowest BCUT2D eigenvalue weighted by Crippen LogP contribution is -1.83. The van der Waals surface area contributed by atoms with Gasteiger partial charge in [0.05, 0.1) is 5.00 Å². The summed E-state index contributed by atoms with van der Waals surface area (Å²) in [6.07, 6.45) is 1.79. The van der Waals surface area contributed by atoms with Crippen LogP contribution in [0.5, 0.6) is 0 Å². The van der Waals surface area contributed by atoms with Gasteiger partial charge in [0.15, 0.2) is 5.13 Å². The minimum absolute atomic E-state index is 0.951. The molecule has 0 saturated carbocycles. The van der Waals surface area contributed by atoms with Crippen LogP contribution in [-0.2, 0) is 0 Å². The molecule has 2 aromatic heterocycles. The van der Waals surface area contributed by atoms with Crippen molar-refractivity contribution in [2.24, 2.45) is 0 Å². The monoisotopic (exact) mass is 182 g/mol. The first-order valence-corrected chi connectivity index (χ1v) is 4.91. The first-order valence-electron chi connectivity index (χ1n) is 3.15. The molecule has 0 amide bonds. The van der Waals surface area contributed by atoms with Crippen LogP contribution >= 0.6 is 22.7 Å². The highest BCUT2D eigenvalue weighted by atomic mass is 32.1. The van der Waals surface area contributed by atoms with Crippen LogP contribution < -0.4 is 5.32 Å². The number of rotatable bonds is 2. The Labute approximate surface area is 72.5 Å². The van der Waals surface area contributed by atoms with E-state index < -0.39 is 0 Å². The molecule has 0 aromatic carbocycles. The number of aromatic nitrogens is 1. The number of anilines is 2. The molecule has 1 N–H and O–H groups in total. The van der Waals surface area contributed by atoms with Gasteiger partial charge < -0.3 is 5.32 Å². The van der Waals surface area contributed by atoms with Gasteiger partial charge in [-0.15, -0.1) is 22.7 Å². The molecular weight excluding hydrogens is 176 g/mol. The standard InChI is InChI=1S/C7H6N2S2/c1-2-6(10-4-1)9-7-8-3-5-11-7/h1-5H,(H,8,9). The molecular formula is C7H6N2S2. The summed E-state index contributed by atoms with van der Waals surface area (Å²) in [7, 11) is 0. The van der Waals surface area contributed by atoms with Gasteiger partial charge >= 0.3 is 0 Å². The van der Waals surface area contributed by atoms with Crippen molar-refractivity contribution in [2.45, 2.75) is 0 Å². The first-order chi connectivity index (χ1) is 5.45. The Morgan fingerprint density at radius 1 is 1.27 bits per heavy atom. The van der Waals surface area contributed by atoms with Crippen molar-refractivity contribution in [3.05, 3.63) is 29.1 Å². The van der Waals surface area contributed by atoms with Crippen molar-refractivity contribution in [3.8, 4) is 0 Å². The summed E-state index contributed by atoms with van der Waals surface area (Å²) in [5.74, 6) is 0. The van der Waals surface area contributed by atoms with Crippen molar-refractivity contribution in [1.82, 2.24) is 4.98 Å². The summed E-state index contributed by atoms with van der Waals surface area (Å²) in [6.45, 7) is 0. The number of thiazole rings is 1. The third kappa shape index (κ3) is 1.58. The third-order valence-corrected chi connectivity index (χ3v) is 2.66. The summed E-state index contributed by atoms with van der Waals surface area (Å²) >= 11 is 3.28. The Morgan fingerprint density at radius 2 is 2.27 bits per heavy atom. The van der Waals surface area contributed by atoms with E-state index in [1.165, 1.54) is 0 Å². The number of nitrogens with zero attached hydrogens (tertiary/aromatic N) is 1. The van der Waals surface area contributed by atoms with Gasteiger partial charge in [0, 0.05) is 11.6 Å². The summed E-state index contributed by atoms with van der Waals surface area (Å²) in [4.78, 5) is 4.11. The molecule has 2 rings (SSSR count). The molecule has 0 saturated heterocycles. The molecule has 0 fully saturated rings. The molecule has 0 aliphatic rings. The van der Waals surface area contributed by atoms with Crippen molar-refractivity contribution in [1.29, 1.82) is 0 Å². The zero-order chi connectivity index (χ0) is 7.52. The van der Waals surface area contributed by atoms with E-state index >= 15 is 0 Å². The number of hydrogen-bond acceptors (Lipinski definition) is 4. The van der Waals surface area contributed by atoms with E-state index in [9.17, 15) is 0 Å². The van der Waals surface area contributed by atoms with E-state index in [0.717, 1.165) is 10.1 Å². The van der Waals surface area contributed by atoms with Gasteiger partial charge in [-0.3, -0.25) is 0 Å². The lowest BCUT2D eigenvalue weighted by Gasteiger charge is -1.94. The van der Waals surface area contributed by atoms with Gasteiger partial charge in [-0.05, 0) is 17.5 Å². The lowest BCUT2D eigenvalue weighted by atomic mass is 10.6. The highest BCUT2D eigenvalue weighted by Gasteiger charge is 1.94. The predicted octanol–water partition coefficient (Wildman–Crippen LogP) is 2.95. The summed E-state index contributed by atoms with van der Waals surface area (Å²) in [5.41, 5.74) is 0. The molecule has 2 heterocycles. The Bertz CT molecular complexity index is 267. The molecule has 0 aliphatic heterocycles. The van der Waals surface area contributed by atoms with Crippen molar-refractivity contribution >= 4 is 32.8 Å². The second-order valence-corrected chi connectivity index (χ2v) is 3.78. The average Bonchev–Trinajstić information content (AvgIpc) is 2.60. The number of nitrogens with one attached hydrogen (secondary N) is 1. The van der Waals surface area contributed by atoms with Crippen LogP contribution in [0.4, 0.5) is 10.1 Å². The van der Waals surface area contributed by atoms with Crippen molar-refractivity contribution < 1.29 is 0 Å². The summed E-state index contributed by atoms with van der Waals surface area (Å²) < 4.78 is 0. The van der Waals surface area contributed by atoms with E-state index in [0.29, 0.717) is 0 Å². The Morgan fingerprint density at radius 3 is 2.91 bits per heavy atom. The van der Waals surface area contributed by atoms with E-state index in [2.05, 4.69) is 10.3 Å².